The third kappa shape index (κ3) is 3.56. The van der Waals surface area contributed by atoms with E-state index in [2.05, 4.69) is 54.4 Å². The van der Waals surface area contributed by atoms with Crippen molar-refractivity contribution in [3.05, 3.63) is 35.9 Å². The lowest BCUT2D eigenvalue weighted by Gasteiger charge is -2.30. The molecule has 2 heteroatoms. The minimum Gasteiger partial charge on any atom is -0.319 e. The molecule has 2 rings (SSSR count). The van der Waals surface area contributed by atoms with E-state index in [1.165, 1.54) is 31.6 Å². The minimum absolute atomic E-state index is 0.361. The first-order valence-corrected chi connectivity index (χ1v) is 7.03. The van der Waals surface area contributed by atoms with E-state index in [1.54, 1.807) is 0 Å². The fraction of sp³-hybridized carbons (Fsp3) is 0.625. The van der Waals surface area contributed by atoms with Crippen LogP contribution in [0.1, 0.15) is 31.7 Å². The fourth-order valence-corrected chi connectivity index (χ4v) is 3.11. The molecule has 1 fully saturated rings. The lowest BCUT2D eigenvalue weighted by atomic mass is 9.92. The maximum Gasteiger partial charge on any atom is 0.00510 e. The van der Waals surface area contributed by atoms with Crippen LogP contribution in [0.2, 0.25) is 0 Å². The molecule has 1 aliphatic heterocycles. The fourth-order valence-electron chi connectivity index (χ4n) is 3.11. The first-order valence-electron chi connectivity index (χ1n) is 7.03. The molecule has 1 aromatic rings. The van der Waals surface area contributed by atoms with Gasteiger partial charge in [0.1, 0.15) is 0 Å². The van der Waals surface area contributed by atoms with Gasteiger partial charge in [-0.2, -0.15) is 0 Å². The van der Waals surface area contributed by atoms with E-state index in [-0.39, 0.29) is 0 Å². The molecule has 0 saturated carbocycles. The number of hydrogen-bond donors (Lipinski definition) is 1. The van der Waals surface area contributed by atoms with Gasteiger partial charge >= 0.3 is 0 Å². The maximum absolute atomic E-state index is 3.30. The van der Waals surface area contributed by atoms with Gasteiger partial charge in [0, 0.05) is 19.6 Å². The predicted molar refractivity (Wildman–Crippen MR) is 77.9 cm³/mol. The largest absolute Gasteiger partial charge is 0.319 e. The third-order valence-corrected chi connectivity index (χ3v) is 3.85. The van der Waals surface area contributed by atoms with Gasteiger partial charge in [0.05, 0.1) is 0 Å². The summed E-state index contributed by atoms with van der Waals surface area (Å²) in [6.07, 6.45) is 1.31. The van der Waals surface area contributed by atoms with E-state index in [4.69, 9.17) is 0 Å². The van der Waals surface area contributed by atoms with Crippen molar-refractivity contribution in [2.45, 2.75) is 26.2 Å². The van der Waals surface area contributed by atoms with Crippen LogP contribution in [0.25, 0.3) is 0 Å². The van der Waals surface area contributed by atoms with Crippen molar-refractivity contribution in [3.63, 3.8) is 0 Å². The zero-order chi connectivity index (χ0) is 13.0. The van der Waals surface area contributed by atoms with Crippen LogP contribution >= 0.6 is 0 Å². The molecule has 1 aliphatic rings. The number of likely N-dealkylation sites (tertiary alicyclic amines) is 1. The lowest BCUT2D eigenvalue weighted by Crippen LogP contribution is -2.38. The molecule has 0 aromatic heterocycles. The molecule has 0 bridgehead atoms. The second-order valence-electron chi connectivity index (χ2n) is 6.33. The Balaban J connectivity index is 1.89. The molecule has 1 saturated heterocycles. The van der Waals surface area contributed by atoms with Crippen molar-refractivity contribution in [1.82, 2.24) is 10.2 Å². The van der Waals surface area contributed by atoms with Crippen molar-refractivity contribution < 1.29 is 0 Å². The maximum atomic E-state index is 3.30. The summed E-state index contributed by atoms with van der Waals surface area (Å²) in [5, 5.41) is 3.30. The van der Waals surface area contributed by atoms with E-state index in [0.717, 1.165) is 12.5 Å². The van der Waals surface area contributed by atoms with Crippen LogP contribution in [0.4, 0.5) is 0 Å². The molecule has 1 atom stereocenters. The van der Waals surface area contributed by atoms with E-state index < -0.39 is 0 Å². The van der Waals surface area contributed by atoms with Gasteiger partial charge in [0.15, 0.2) is 0 Å². The van der Waals surface area contributed by atoms with E-state index >= 15 is 0 Å². The molecule has 0 amide bonds. The van der Waals surface area contributed by atoms with E-state index in [1.807, 2.05) is 7.05 Å². The highest BCUT2D eigenvalue weighted by Gasteiger charge is 2.28. The van der Waals surface area contributed by atoms with E-state index in [9.17, 15) is 0 Å². The summed E-state index contributed by atoms with van der Waals surface area (Å²) in [5.74, 6) is 0.733. The summed E-state index contributed by atoms with van der Waals surface area (Å²) in [5.41, 5.74) is 1.87. The molecule has 18 heavy (non-hydrogen) atoms. The number of rotatable bonds is 5. The molecular formula is C16H26N2. The summed E-state index contributed by atoms with van der Waals surface area (Å²) in [7, 11) is 2.04. The Hall–Kier alpha value is -0.860. The predicted octanol–water partition coefficient (Wildman–Crippen LogP) is 2.72. The van der Waals surface area contributed by atoms with Crippen molar-refractivity contribution in [3.8, 4) is 0 Å². The Morgan fingerprint density at radius 2 is 2.00 bits per heavy atom. The zero-order valence-corrected chi connectivity index (χ0v) is 11.9. The highest BCUT2D eigenvalue weighted by molar-refractivity contribution is 5.21. The SMILES string of the molecule is CNCC(C)(C)CN1CCC(c2ccccc2)C1. The first kappa shape index (κ1) is 13.6. The average molecular weight is 246 g/mol. The monoisotopic (exact) mass is 246 g/mol. The Bertz CT molecular complexity index is 359. The van der Waals surface area contributed by atoms with Crippen molar-refractivity contribution in [2.24, 2.45) is 5.41 Å². The molecule has 2 nitrogen and oxygen atoms in total. The van der Waals surface area contributed by atoms with Crippen LogP contribution in [0.15, 0.2) is 30.3 Å². The summed E-state index contributed by atoms with van der Waals surface area (Å²) in [6, 6.07) is 11.0. The van der Waals surface area contributed by atoms with Gasteiger partial charge in [0.2, 0.25) is 0 Å². The van der Waals surface area contributed by atoms with Crippen molar-refractivity contribution >= 4 is 0 Å². The van der Waals surface area contributed by atoms with E-state index in [0.29, 0.717) is 5.41 Å². The Morgan fingerprint density at radius 3 is 2.67 bits per heavy atom. The van der Waals surface area contributed by atoms with Gasteiger partial charge in [-0.05, 0) is 36.9 Å². The molecule has 100 valence electrons. The molecule has 0 radical (unpaired) electrons. The van der Waals surface area contributed by atoms with Gasteiger partial charge < -0.3 is 10.2 Å². The standard InChI is InChI=1S/C16H26N2/c1-16(2,12-17-3)13-18-10-9-15(11-18)14-7-5-4-6-8-14/h4-8,15,17H,9-13H2,1-3H3. The molecule has 1 heterocycles. The summed E-state index contributed by atoms with van der Waals surface area (Å²) >= 11 is 0. The van der Waals surface area contributed by atoms with Crippen molar-refractivity contribution in [1.29, 1.82) is 0 Å². The zero-order valence-electron chi connectivity index (χ0n) is 11.9. The quantitative estimate of drug-likeness (QED) is 0.859. The van der Waals surface area contributed by atoms with Crippen LogP contribution < -0.4 is 5.32 Å². The van der Waals surface area contributed by atoms with Crippen LogP contribution in [0.5, 0.6) is 0 Å². The van der Waals surface area contributed by atoms with Crippen LogP contribution in [-0.4, -0.2) is 38.1 Å². The summed E-state index contributed by atoms with van der Waals surface area (Å²) in [6.45, 7) is 9.43. The highest BCUT2D eigenvalue weighted by atomic mass is 15.2. The molecule has 1 unspecified atom stereocenters. The second kappa shape index (κ2) is 5.85. The highest BCUT2D eigenvalue weighted by Crippen LogP contribution is 2.29. The third-order valence-electron chi connectivity index (χ3n) is 3.85. The van der Waals surface area contributed by atoms with Gasteiger partial charge in [-0.3, -0.25) is 0 Å². The molecule has 0 aliphatic carbocycles. The van der Waals surface area contributed by atoms with Gasteiger partial charge in [0.25, 0.3) is 0 Å². The molecule has 1 N–H and O–H groups in total. The van der Waals surface area contributed by atoms with Gasteiger partial charge in [-0.15, -0.1) is 0 Å². The van der Waals surface area contributed by atoms with Crippen molar-refractivity contribution in [2.75, 3.05) is 33.2 Å². The Kier molecular flexibility index (Phi) is 4.41. The van der Waals surface area contributed by atoms with Crippen LogP contribution in [-0.2, 0) is 0 Å². The number of benzene rings is 1. The Labute approximate surface area is 111 Å². The summed E-state index contributed by atoms with van der Waals surface area (Å²) < 4.78 is 0. The molecule has 1 aromatic carbocycles. The Morgan fingerprint density at radius 1 is 1.28 bits per heavy atom. The minimum atomic E-state index is 0.361. The molecular weight excluding hydrogens is 220 g/mol. The topological polar surface area (TPSA) is 15.3 Å². The lowest BCUT2D eigenvalue weighted by molar-refractivity contribution is 0.205. The van der Waals surface area contributed by atoms with Gasteiger partial charge in [-0.1, -0.05) is 44.2 Å². The van der Waals surface area contributed by atoms with Crippen LogP contribution in [0.3, 0.4) is 0 Å². The number of nitrogens with zero attached hydrogens (tertiary/aromatic N) is 1. The van der Waals surface area contributed by atoms with Crippen LogP contribution in [0, 0.1) is 5.41 Å². The summed E-state index contributed by atoms with van der Waals surface area (Å²) in [4.78, 5) is 2.62. The second-order valence-corrected chi connectivity index (χ2v) is 6.33. The smallest absolute Gasteiger partial charge is 0.00510 e. The average Bonchev–Trinajstić information content (AvgIpc) is 2.77. The number of nitrogens with one attached hydrogen (secondary N) is 1. The first-order chi connectivity index (χ1) is 8.61. The van der Waals surface area contributed by atoms with Gasteiger partial charge in [-0.25, -0.2) is 0 Å². The molecule has 0 spiro atoms. The number of hydrogen-bond acceptors (Lipinski definition) is 2. The normalized spacial score (nSPS) is 21.4.